The summed E-state index contributed by atoms with van der Waals surface area (Å²) in [6.45, 7) is 6.69. The number of ether oxygens (including phenoxy) is 2. The zero-order valence-electron chi connectivity index (χ0n) is 15.8. The van der Waals surface area contributed by atoms with Crippen LogP contribution < -0.4 is 0 Å². The molecule has 7 heteroatoms. The number of rotatable bonds is 5. The number of amides is 1. The van der Waals surface area contributed by atoms with Gasteiger partial charge in [0.25, 0.3) is 5.91 Å². The van der Waals surface area contributed by atoms with Crippen LogP contribution in [-0.4, -0.2) is 53.7 Å². The molecule has 1 fully saturated rings. The van der Waals surface area contributed by atoms with E-state index in [2.05, 4.69) is 24.0 Å². The molecule has 27 heavy (non-hydrogen) atoms. The molecular formula is C20H24N2O4S. The summed E-state index contributed by atoms with van der Waals surface area (Å²) in [5.41, 5.74) is 2.44. The lowest BCUT2D eigenvalue weighted by molar-refractivity contribution is -0.146. The number of benzene rings is 1. The number of nitrogens with zero attached hydrogens (tertiary/aromatic N) is 2. The van der Waals surface area contributed by atoms with E-state index in [4.69, 9.17) is 9.47 Å². The second-order valence-corrected chi connectivity index (χ2v) is 7.58. The molecule has 3 rings (SSSR count). The lowest BCUT2D eigenvalue weighted by atomic mass is 10.1. The van der Waals surface area contributed by atoms with Crippen molar-refractivity contribution in [3.8, 4) is 10.6 Å². The minimum atomic E-state index is -0.578. The second kappa shape index (κ2) is 8.63. The van der Waals surface area contributed by atoms with Crippen molar-refractivity contribution in [2.75, 3.05) is 19.7 Å². The van der Waals surface area contributed by atoms with Gasteiger partial charge in [-0.2, -0.15) is 0 Å². The van der Waals surface area contributed by atoms with Gasteiger partial charge >= 0.3 is 5.97 Å². The number of hydrogen-bond acceptors (Lipinski definition) is 6. The second-order valence-electron chi connectivity index (χ2n) is 6.72. The van der Waals surface area contributed by atoms with Gasteiger partial charge in [0.05, 0.1) is 12.2 Å². The van der Waals surface area contributed by atoms with Crippen molar-refractivity contribution < 1.29 is 19.1 Å². The predicted octanol–water partition coefficient (Wildman–Crippen LogP) is 3.17. The van der Waals surface area contributed by atoms with E-state index in [1.54, 1.807) is 10.3 Å². The molecule has 1 aromatic heterocycles. The highest BCUT2D eigenvalue weighted by atomic mass is 32.1. The molecule has 2 atom stereocenters. The number of thiazole rings is 1. The minimum Gasteiger partial charge on any atom is -0.451 e. The molecule has 0 unspecified atom stereocenters. The zero-order chi connectivity index (χ0) is 19.4. The molecule has 6 nitrogen and oxygen atoms in total. The summed E-state index contributed by atoms with van der Waals surface area (Å²) in [6.07, 6.45) is 0.937. The number of carbonyl (C=O) groups is 2. The highest BCUT2D eigenvalue weighted by Gasteiger charge is 2.26. The topological polar surface area (TPSA) is 68.7 Å². The van der Waals surface area contributed by atoms with Crippen LogP contribution in [0.4, 0.5) is 0 Å². The van der Waals surface area contributed by atoms with Crippen molar-refractivity contribution in [3.63, 3.8) is 0 Å². The Morgan fingerprint density at radius 2 is 1.89 bits per heavy atom. The van der Waals surface area contributed by atoms with Crippen molar-refractivity contribution in [2.45, 2.75) is 39.4 Å². The molecular weight excluding hydrogens is 364 g/mol. The lowest BCUT2D eigenvalue weighted by Gasteiger charge is -2.35. The molecule has 144 valence electrons. The summed E-state index contributed by atoms with van der Waals surface area (Å²) >= 11 is 1.38. The molecule has 1 aliphatic rings. The highest BCUT2D eigenvalue weighted by molar-refractivity contribution is 7.13. The van der Waals surface area contributed by atoms with E-state index in [1.807, 2.05) is 26.0 Å². The Kier molecular flexibility index (Phi) is 6.23. The van der Waals surface area contributed by atoms with Crippen LogP contribution in [-0.2, 0) is 20.7 Å². The van der Waals surface area contributed by atoms with Crippen molar-refractivity contribution >= 4 is 23.2 Å². The predicted molar refractivity (Wildman–Crippen MR) is 104 cm³/mol. The average molecular weight is 388 g/mol. The summed E-state index contributed by atoms with van der Waals surface area (Å²) in [5, 5.41) is 2.42. The maximum Gasteiger partial charge on any atom is 0.358 e. The first-order valence-electron chi connectivity index (χ1n) is 9.11. The summed E-state index contributed by atoms with van der Waals surface area (Å²) in [6, 6.07) is 8.10. The average Bonchev–Trinajstić information content (AvgIpc) is 3.15. The summed E-state index contributed by atoms with van der Waals surface area (Å²) in [7, 11) is 0. The van der Waals surface area contributed by atoms with E-state index in [0.29, 0.717) is 13.1 Å². The van der Waals surface area contributed by atoms with Crippen LogP contribution in [0.5, 0.6) is 0 Å². The van der Waals surface area contributed by atoms with Crippen LogP contribution >= 0.6 is 11.3 Å². The van der Waals surface area contributed by atoms with Crippen LogP contribution in [0.25, 0.3) is 10.6 Å². The van der Waals surface area contributed by atoms with Crippen molar-refractivity contribution in [1.29, 1.82) is 0 Å². The third-order valence-corrected chi connectivity index (χ3v) is 5.31. The molecule has 1 saturated heterocycles. The molecule has 0 bridgehead atoms. The molecule has 1 aromatic carbocycles. The first-order valence-corrected chi connectivity index (χ1v) is 9.99. The van der Waals surface area contributed by atoms with Crippen LogP contribution in [0, 0.1) is 0 Å². The summed E-state index contributed by atoms with van der Waals surface area (Å²) < 4.78 is 10.8. The number of esters is 1. The molecule has 0 spiro atoms. The highest BCUT2D eigenvalue weighted by Crippen LogP contribution is 2.24. The fourth-order valence-electron chi connectivity index (χ4n) is 3.06. The van der Waals surface area contributed by atoms with Gasteiger partial charge in [-0.1, -0.05) is 31.2 Å². The van der Waals surface area contributed by atoms with Crippen LogP contribution in [0.15, 0.2) is 29.6 Å². The van der Waals surface area contributed by atoms with Gasteiger partial charge in [-0.25, -0.2) is 9.78 Å². The van der Waals surface area contributed by atoms with Gasteiger partial charge < -0.3 is 14.4 Å². The number of morpholine rings is 1. The monoisotopic (exact) mass is 388 g/mol. The molecule has 0 aliphatic carbocycles. The van der Waals surface area contributed by atoms with E-state index < -0.39 is 5.97 Å². The van der Waals surface area contributed by atoms with E-state index in [0.717, 1.165) is 17.0 Å². The fourth-order valence-corrected chi connectivity index (χ4v) is 3.85. The van der Waals surface area contributed by atoms with Crippen molar-refractivity contribution in [3.05, 3.63) is 40.9 Å². The Hall–Kier alpha value is -2.25. The molecule has 2 heterocycles. The van der Waals surface area contributed by atoms with Crippen LogP contribution in [0.2, 0.25) is 0 Å². The van der Waals surface area contributed by atoms with Gasteiger partial charge in [0, 0.05) is 24.0 Å². The largest absolute Gasteiger partial charge is 0.451 e. The summed E-state index contributed by atoms with van der Waals surface area (Å²) in [5.74, 6) is -0.790. The van der Waals surface area contributed by atoms with E-state index in [-0.39, 0.29) is 30.4 Å². The normalized spacial score (nSPS) is 19.7. The van der Waals surface area contributed by atoms with Crippen molar-refractivity contribution in [2.24, 2.45) is 0 Å². The maximum atomic E-state index is 12.3. The van der Waals surface area contributed by atoms with Crippen LogP contribution in [0.1, 0.15) is 36.8 Å². The molecule has 0 N–H and O–H groups in total. The third kappa shape index (κ3) is 4.93. The zero-order valence-corrected chi connectivity index (χ0v) is 16.6. The Balaban J connectivity index is 1.57. The van der Waals surface area contributed by atoms with Gasteiger partial charge in [-0.3, -0.25) is 4.79 Å². The van der Waals surface area contributed by atoms with Gasteiger partial charge in [0.2, 0.25) is 0 Å². The lowest BCUT2D eigenvalue weighted by Crippen LogP contribution is -2.49. The van der Waals surface area contributed by atoms with Crippen LogP contribution in [0.3, 0.4) is 0 Å². The molecule has 2 aromatic rings. The van der Waals surface area contributed by atoms with Gasteiger partial charge in [0.15, 0.2) is 12.3 Å². The number of aryl methyl sites for hydroxylation is 1. The standard InChI is InChI=1S/C20H24N2O4S/c1-4-15-5-7-16(8-6-15)19-21-17(12-27-19)20(24)25-11-18(23)22-9-13(2)26-14(3)10-22/h5-8,12-14H,4,9-11H2,1-3H3/t13-,14-/m1/s1. The Labute approximate surface area is 163 Å². The van der Waals surface area contributed by atoms with Gasteiger partial charge in [0.1, 0.15) is 5.01 Å². The number of carbonyl (C=O) groups excluding carboxylic acids is 2. The Bertz CT molecular complexity index is 793. The van der Waals surface area contributed by atoms with E-state index in [1.165, 1.54) is 16.9 Å². The molecule has 1 amide bonds. The first-order chi connectivity index (χ1) is 13.0. The molecule has 1 aliphatic heterocycles. The van der Waals surface area contributed by atoms with Crippen molar-refractivity contribution in [1.82, 2.24) is 9.88 Å². The Morgan fingerprint density at radius 3 is 2.52 bits per heavy atom. The van der Waals surface area contributed by atoms with E-state index >= 15 is 0 Å². The Morgan fingerprint density at radius 1 is 1.22 bits per heavy atom. The maximum absolute atomic E-state index is 12.3. The smallest absolute Gasteiger partial charge is 0.358 e. The van der Waals surface area contributed by atoms with E-state index in [9.17, 15) is 9.59 Å². The quantitative estimate of drug-likeness (QED) is 0.736. The third-order valence-electron chi connectivity index (χ3n) is 4.42. The fraction of sp³-hybridized carbons (Fsp3) is 0.450. The SMILES string of the molecule is CCc1ccc(-c2nc(C(=O)OCC(=O)N3C[C@@H](C)O[C@H](C)C3)cs2)cc1. The number of aromatic nitrogens is 1. The van der Waals surface area contributed by atoms with Gasteiger partial charge in [-0.15, -0.1) is 11.3 Å². The minimum absolute atomic E-state index is 0.0198. The molecule has 0 radical (unpaired) electrons. The summed E-state index contributed by atoms with van der Waals surface area (Å²) in [4.78, 5) is 30.5. The molecule has 0 saturated carbocycles. The first kappa shape index (κ1) is 19.5. The van der Waals surface area contributed by atoms with Gasteiger partial charge in [-0.05, 0) is 25.8 Å². The number of hydrogen-bond donors (Lipinski definition) is 0.